The number of aromatic amines is 1. The number of H-pyrrole nitrogens is 1. The van der Waals surface area contributed by atoms with Crippen LogP contribution in [-0.2, 0) is 96.6 Å². The Bertz CT molecular complexity index is 5610. The number of likely N-dealkylation sites (tertiary alicyclic amines) is 1. The van der Waals surface area contributed by atoms with Crippen LogP contribution in [0.4, 0.5) is 41.2 Å². The number of rotatable bonds is 37. The molecule has 7 heterocycles. The minimum atomic E-state index is -3.88. The van der Waals surface area contributed by atoms with E-state index in [1.165, 1.54) is 75.2 Å². The zero-order chi connectivity index (χ0) is 88.9. The van der Waals surface area contributed by atoms with Gasteiger partial charge in [0.05, 0.1) is 59.5 Å². The third kappa shape index (κ3) is 22.3. The minimum absolute atomic E-state index is 0.0297. The molecule has 1 saturated carbocycles. The van der Waals surface area contributed by atoms with Gasteiger partial charge in [-0.1, -0.05) is 63.6 Å². The van der Waals surface area contributed by atoms with Gasteiger partial charge in [0.15, 0.2) is 21.5 Å². The molecule has 8 aromatic rings. The van der Waals surface area contributed by atoms with E-state index in [4.69, 9.17) is 19.9 Å². The largest absolute Gasteiger partial charge is 0.492 e. The number of benzene rings is 4. The number of aromatic nitrogens is 4. The van der Waals surface area contributed by atoms with Crippen LogP contribution in [0.1, 0.15) is 122 Å². The van der Waals surface area contributed by atoms with Crippen LogP contribution in [0.2, 0.25) is 0 Å². The number of pyridine rings is 2. The number of aliphatic hydroxyl groups is 1. The summed E-state index contributed by atoms with van der Waals surface area (Å²) in [6.07, 6.45) is 8.34. The molecule has 4 aliphatic rings. The van der Waals surface area contributed by atoms with E-state index in [9.17, 15) is 75.4 Å². The average molecular weight is 1750 g/mol. The van der Waals surface area contributed by atoms with Crippen LogP contribution in [0, 0.1) is 29.4 Å². The number of aryl methyl sites for hydroxylation is 2. The van der Waals surface area contributed by atoms with Crippen LogP contribution >= 0.6 is 11.3 Å². The number of fused-ring (bicyclic) bond motifs is 2. The highest BCUT2D eigenvalue weighted by atomic mass is 32.2. The monoisotopic (exact) mass is 1740 g/mol. The highest BCUT2D eigenvalue weighted by molar-refractivity contribution is 7.89. The molecule has 0 bridgehead atoms. The lowest BCUT2D eigenvalue weighted by Crippen LogP contribution is -2.58. The summed E-state index contributed by atoms with van der Waals surface area (Å²) in [5, 5.41) is 33.3. The third-order valence-electron chi connectivity index (χ3n) is 21.8. The van der Waals surface area contributed by atoms with E-state index < -0.39 is 122 Å². The fourth-order valence-corrected chi connectivity index (χ4v) is 16.8. The summed E-state index contributed by atoms with van der Waals surface area (Å²) < 4.78 is 75.9. The van der Waals surface area contributed by atoms with Crippen molar-refractivity contribution in [1.29, 1.82) is 0 Å². The Morgan fingerprint density at radius 3 is 2.22 bits per heavy atom. The molecule has 34 nitrogen and oxygen atoms in total. The first-order valence-electron chi connectivity index (χ1n) is 40.4. The number of urea groups is 1. The molecule has 38 heteroatoms. The molecular weight excluding hydrogens is 1650 g/mol. The Morgan fingerprint density at radius 2 is 1.53 bits per heavy atom. The number of amides is 12. The SMILES string of the molecule is Cc1ncsc1-c1ccc(CNC(=O)[C@@H]2C[C@@H](O)CN2C(=O)[C@@H](NC(=O)COCCc2cc(NC(=O)OCc3ccc(NC(=O)[C@H](CCCNC(N)=O)NC(=O)C4(C(=O)NCCCCCN5C(=O)C=CC5=O)CCC4)cc3)cc(OCCNC(=O)c3cc4c(cc3CS(C)(=O)=O)-c3cn(C)c(=O)c5[nH]cc(c35)CN4c3ncc(F)cc3F)c2)C(C)(C)C)cc1. The van der Waals surface area contributed by atoms with E-state index in [0.717, 1.165) is 39.1 Å². The smallest absolute Gasteiger partial charge is 0.411 e. The van der Waals surface area contributed by atoms with Crippen molar-refractivity contribution in [3.63, 3.8) is 0 Å². The molecule has 4 aromatic heterocycles. The number of nitrogens with one attached hydrogen (secondary N) is 9. The summed E-state index contributed by atoms with van der Waals surface area (Å²) >= 11 is 1.52. The van der Waals surface area contributed by atoms with Gasteiger partial charge in [-0.25, -0.2) is 36.8 Å². The number of thiazole rings is 1. The number of hydrogen-bond donors (Lipinski definition) is 11. The van der Waals surface area contributed by atoms with Crippen LogP contribution in [0.15, 0.2) is 126 Å². The number of nitrogens with two attached hydrogens (primary N) is 1. The molecular formula is C86H98F2N16O18S2. The fraction of sp³-hybridized carbons (Fsp3) is 0.395. The van der Waals surface area contributed by atoms with Gasteiger partial charge in [-0.15, -0.1) is 11.3 Å². The van der Waals surface area contributed by atoms with Gasteiger partial charge in [-0.2, -0.15) is 0 Å². The van der Waals surface area contributed by atoms with Gasteiger partial charge in [0, 0.05) is 123 Å². The molecule has 12 N–H and O–H groups in total. The Morgan fingerprint density at radius 1 is 0.798 bits per heavy atom. The summed E-state index contributed by atoms with van der Waals surface area (Å²) in [4.78, 5) is 177. The first-order chi connectivity index (χ1) is 59.1. The lowest BCUT2D eigenvalue weighted by atomic mass is 9.67. The Labute approximate surface area is 716 Å². The second kappa shape index (κ2) is 39.6. The second-order valence-electron chi connectivity index (χ2n) is 32.1. The van der Waals surface area contributed by atoms with Crippen molar-refractivity contribution in [2.24, 2.45) is 23.6 Å². The molecule has 1 saturated heterocycles. The number of nitrogens with zero attached hydrogens (tertiary/aromatic N) is 6. The zero-order valence-corrected chi connectivity index (χ0v) is 70.8. The number of hydrogen-bond acceptors (Lipinski definition) is 22. The highest BCUT2D eigenvalue weighted by Gasteiger charge is 2.52. The number of unbranched alkanes of at least 4 members (excludes halogenated alkanes) is 2. The second-order valence-corrected chi connectivity index (χ2v) is 35.1. The number of anilines is 4. The maximum Gasteiger partial charge on any atom is 0.411 e. The zero-order valence-electron chi connectivity index (χ0n) is 69.1. The van der Waals surface area contributed by atoms with Gasteiger partial charge in [-0.3, -0.25) is 58.2 Å². The predicted molar refractivity (Wildman–Crippen MR) is 455 cm³/mol. The van der Waals surface area contributed by atoms with Crippen LogP contribution in [0.3, 0.4) is 0 Å². The van der Waals surface area contributed by atoms with Gasteiger partial charge in [0.2, 0.25) is 35.4 Å². The van der Waals surface area contributed by atoms with E-state index in [1.807, 2.05) is 31.2 Å². The lowest BCUT2D eigenvalue weighted by Gasteiger charge is -2.39. The van der Waals surface area contributed by atoms with Crippen molar-refractivity contribution < 1.29 is 89.3 Å². The third-order valence-corrected chi connectivity index (χ3v) is 23.6. The Hall–Kier alpha value is -12.8. The number of ether oxygens (including phenoxy) is 3. The first-order valence-corrected chi connectivity index (χ1v) is 43.3. The van der Waals surface area contributed by atoms with Crippen LogP contribution < -0.4 is 63.5 Å². The van der Waals surface area contributed by atoms with Crippen molar-refractivity contribution in [2.45, 2.75) is 142 Å². The topological polar surface area (TPSA) is 465 Å². The molecule has 0 radical (unpaired) electrons. The molecule has 12 amide bonds. The van der Waals surface area contributed by atoms with Gasteiger partial charge in [-0.05, 0) is 133 Å². The Kier molecular flexibility index (Phi) is 28.9. The number of carbonyl (C=O) groups is 11. The number of imide groups is 1. The number of sulfone groups is 1. The lowest BCUT2D eigenvalue weighted by molar-refractivity contribution is -0.151. The van der Waals surface area contributed by atoms with Crippen molar-refractivity contribution in [3.8, 4) is 27.3 Å². The van der Waals surface area contributed by atoms with E-state index >= 15 is 4.39 Å². The van der Waals surface area contributed by atoms with E-state index in [1.54, 1.807) is 62.9 Å². The highest BCUT2D eigenvalue weighted by Crippen LogP contribution is 2.46. The van der Waals surface area contributed by atoms with Gasteiger partial charge >= 0.3 is 12.1 Å². The number of aliphatic hydroxyl groups excluding tert-OH is 1. The number of halogens is 2. The van der Waals surface area contributed by atoms with Crippen molar-refractivity contribution in [1.82, 2.24) is 61.2 Å². The molecule has 656 valence electrons. The minimum Gasteiger partial charge on any atom is -0.492 e. The standard InChI is InChI=1S/C86H98F2N16O18S2/c1-49-73(123-48-96-49)53-17-13-50(14-18-53)39-95-78(111)67-37-59(105)43-104(67)80(113)74(85(2,3)4)100-68(106)46-120-30-23-52-32-58(36-60(33-52)121-31-28-90-76(109)61-38-66-62(34-54(61)47-124(6,118)119)63-44-101(5)79(112)72-71(63)55(40-93-72)42-103(66)75-64(88)35-56(87)41-94-75)98-84(117)122-45-51-15-19-57(20-16-51)97-77(110)65(12-10-27-92-83(89)116)99-82(115)86(24-11-25-86)81(114)91-26-8-7-9-29-102-69(107)21-22-70(102)108/h13-22,32-36,38,40-41,44,48,59,65,67,74,93,105H,7-12,23-31,37,39,42-43,45-47H2,1-6H3,(H,90,109)(H,91,114)(H,95,111)(H,97,110)(H,98,117)(H,99,115)(H,100,106)(H3,89,92,116)/t59-,65+,67+,74-/m1/s1. The Balaban J connectivity index is 0.705. The molecule has 2 fully saturated rings. The van der Waals surface area contributed by atoms with Crippen LogP contribution in [0.25, 0.3) is 32.5 Å². The molecule has 4 aromatic carbocycles. The first kappa shape index (κ1) is 90.4. The summed E-state index contributed by atoms with van der Waals surface area (Å²) in [7, 11) is -2.35. The van der Waals surface area contributed by atoms with Gasteiger partial charge < -0.3 is 81.6 Å². The van der Waals surface area contributed by atoms with Gasteiger partial charge in [0.1, 0.15) is 60.4 Å². The van der Waals surface area contributed by atoms with Gasteiger partial charge in [0.25, 0.3) is 23.3 Å². The maximum atomic E-state index is 15.9. The van der Waals surface area contributed by atoms with Crippen molar-refractivity contribution in [2.75, 3.05) is 74.3 Å². The summed E-state index contributed by atoms with van der Waals surface area (Å²) in [5.74, 6) is -7.92. The summed E-state index contributed by atoms with van der Waals surface area (Å²) in [5.41, 5.74) is 9.91. The van der Waals surface area contributed by atoms with Crippen molar-refractivity contribution >= 4 is 120 Å². The molecule has 4 atom stereocenters. The molecule has 124 heavy (non-hydrogen) atoms. The number of β-amino-alcohol motifs (C(OH)–C–C–N with tert-alkyl or cyclic N) is 1. The predicted octanol–water partition coefficient (Wildman–Crippen LogP) is 7.01. The molecule has 3 aliphatic heterocycles. The normalized spacial score (nSPS) is 15.7. The summed E-state index contributed by atoms with van der Waals surface area (Å²) in [6.45, 7) is 6.12. The summed E-state index contributed by atoms with van der Waals surface area (Å²) in [6, 6.07) is 17.8. The maximum absolute atomic E-state index is 15.9. The molecule has 0 spiro atoms. The quantitative estimate of drug-likeness (QED) is 0.0106. The number of primary amides is 1. The molecule has 12 rings (SSSR count). The van der Waals surface area contributed by atoms with Crippen LogP contribution in [-0.4, -0.2) is 191 Å². The number of carbonyl (C=O) groups excluding carboxylic acids is 11. The van der Waals surface area contributed by atoms with Crippen molar-refractivity contribution in [3.05, 3.63) is 182 Å². The van der Waals surface area contributed by atoms with E-state index in [2.05, 4.69) is 57.5 Å². The van der Waals surface area contributed by atoms with Crippen LogP contribution in [0.5, 0.6) is 5.75 Å². The fourth-order valence-electron chi connectivity index (χ4n) is 15.2. The molecule has 0 unspecified atom stereocenters. The average Bonchev–Trinajstić information content (AvgIpc) is 1.59. The van der Waals surface area contributed by atoms with E-state index in [0.29, 0.717) is 65.0 Å². The van der Waals surface area contributed by atoms with E-state index in [-0.39, 0.29) is 167 Å². The molecule has 1 aliphatic carbocycles.